The van der Waals surface area contributed by atoms with Crippen molar-refractivity contribution in [1.29, 1.82) is 0 Å². The summed E-state index contributed by atoms with van der Waals surface area (Å²) in [6, 6.07) is 0. The second-order valence-corrected chi connectivity index (χ2v) is 3.35. The van der Waals surface area contributed by atoms with Crippen molar-refractivity contribution < 1.29 is 14.6 Å². The summed E-state index contributed by atoms with van der Waals surface area (Å²) in [4.78, 5) is 0. The van der Waals surface area contributed by atoms with E-state index in [1.165, 1.54) is 0 Å². The molecule has 1 N–H and O–H groups in total. The fraction of sp³-hybridized carbons (Fsp3) is 0.538. The van der Waals surface area contributed by atoms with Gasteiger partial charge in [0.25, 0.3) is 0 Å². The van der Waals surface area contributed by atoms with E-state index in [1.807, 2.05) is 26.0 Å². The lowest BCUT2D eigenvalue weighted by Gasteiger charge is -2.11. The zero-order valence-electron chi connectivity index (χ0n) is 10.6. The van der Waals surface area contributed by atoms with Gasteiger partial charge in [0.15, 0.2) is 11.5 Å². The second kappa shape index (κ2) is 9.04. The molecule has 0 saturated carbocycles. The maximum atomic E-state index is 9.66. The van der Waals surface area contributed by atoms with Gasteiger partial charge in [-0.1, -0.05) is 25.5 Å². The van der Waals surface area contributed by atoms with Gasteiger partial charge in [0.1, 0.15) is 0 Å². The highest BCUT2D eigenvalue weighted by atomic mass is 16.5. The Hall–Kier alpha value is -1.22. The Morgan fingerprint density at radius 3 is 2.31 bits per heavy atom. The minimum absolute atomic E-state index is 0.496. The normalized spacial score (nSPS) is 15.3. The van der Waals surface area contributed by atoms with Crippen molar-refractivity contribution >= 4 is 0 Å². The van der Waals surface area contributed by atoms with Crippen LogP contribution in [-0.2, 0) is 9.47 Å². The summed E-state index contributed by atoms with van der Waals surface area (Å²) in [6.07, 6.45) is 8.37. The predicted molar refractivity (Wildman–Crippen MR) is 65.9 cm³/mol. The molecular weight excluding hydrogens is 204 g/mol. The van der Waals surface area contributed by atoms with Crippen molar-refractivity contribution in [3.8, 4) is 0 Å². The molecule has 0 radical (unpaired) electrons. The Labute approximate surface area is 98.1 Å². The molecule has 0 aliphatic carbocycles. The molecule has 16 heavy (non-hydrogen) atoms. The Bertz CT molecular complexity index is 264. The minimum atomic E-state index is -0.496. The first kappa shape index (κ1) is 14.8. The SMILES string of the molecule is C\C=C/C=C(OC)\C(=C\C(O)CCC)OC. The molecule has 0 fully saturated rings. The summed E-state index contributed by atoms with van der Waals surface area (Å²) in [5, 5.41) is 9.66. The fourth-order valence-corrected chi connectivity index (χ4v) is 1.24. The van der Waals surface area contributed by atoms with Crippen molar-refractivity contribution in [2.45, 2.75) is 32.8 Å². The number of ether oxygens (including phenoxy) is 2. The first-order valence-corrected chi connectivity index (χ1v) is 5.50. The van der Waals surface area contributed by atoms with Gasteiger partial charge < -0.3 is 14.6 Å². The Morgan fingerprint density at radius 2 is 1.88 bits per heavy atom. The molecule has 92 valence electrons. The van der Waals surface area contributed by atoms with E-state index < -0.39 is 6.10 Å². The zero-order valence-corrected chi connectivity index (χ0v) is 10.6. The lowest BCUT2D eigenvalue weighted by atomic mass is 10.2. The van der Waals surface area contributed by atoms with E-state index in [1.54, 1.807) is 26.4 Å². The first-order chi connectivity index (χ1) is 7.69. The highest BCUT2D eigenvalue weighted by molar-refractivity contribution is 5.25. The lowest BCUT2D eigenvalue weighted by molar-refractivity contribution is 0.186. The van der Waals surface area contributed by atoms with Crippen LogP contribution < -0.4 is 0 Å². The van der Waals surface area contributed by atoms with Crippen molar-refractivity contribution in [2.75, 3.05) is 14.2 Å². The highest BCUT2D eigenvalue weighted by Crippen LogP contribution is 2.14. The number of methoxy groups -OCH3 is 2. The van der Waals surface area contributed by atoms with Gasteiger partial charge >= 0.3 is 0 Å². The van der Waals surface area contributed by atoms with Gasteiger partial charge in [-0.25, -0.2) is 0 Å². The van der Waals surface area contributed by atoms with Gasteiger partial charge in [-0.3, -0.25) is 0 Å². The molecule has 3 heteroatoms. The smallest absolute Gasteiger partial charge is 0.160 e. The van der Waals surface area contributed by atoms with Gasteiger partial charge in [0.05, 0.1) is 20.3 Å². The van der Waals surface area contributed by atoms with Crippen LogP contribution in [0, 0.1) is 0 Å². The molecule has 0 saturated heterocycles. The van der Waals surface area contributed by atoms with E-state index >= 15 is 0 Å². The molecule has 0 rings (SSSR count). The summed E-state index contributed by atoms with van der Waals surface area (Å²) in [5.74, 6) is 1.16. The third kappa shape index (κ3) is 5.61. The molecule has 0 heterocycles. The topological polar surface area (TPSA) is 38.7 Å². The van der Waals surface area contributed by atoms with E-state index in [0.717, 1.165) is 6.42 Å². The second-order valence-electron chi connectivity index (χ2n) is 3.35. The third-order valence-corrected chi connectivity index (χ3v) is 2.05. The van der Waals surface area contributed by atoms with Crippen LogP contribution in [0.5, 0.6) is 0 Å². The molecule has 0 aromatic heterocycles. The summed E-state index contributed by atoms with van der Waals surface area (Å²) in [5.41, 5.74) is 0. The number of aliphatic hydroxyl groups excluding tert-OH is 1. The quantitative estimate of drug-likeness (QED) is 0.536. The van der Waals surface area contributed by atoms with Crippen LogP contribution in [0.15, 0.2) is 35.8 Å². The molecule has 0 amide bonds. The van der Waals surface area contributed by atoms with Gasteiger partial charge in [-0.05, 0) is 25.5 Å². The standard InChI is InChI=1S/C13H22O3/c1-5-7-9-12(15-3)13(16-4)10-11(14)8-6-2/h5,7,9-11,14H,6,8H2,1-4H3/b7-5-,12-9+,13-10-. The van der Waals surface area contributed by atoms with E-state index in [9.17, 15) is 5.11 Å². The Balaban J connectivity index is 4.79. The van der Waals surface area contributed by atoms with Crippen molar-refractivity contribution in [3.63, 3.8) is 0 Å². The van der Waals surface area contributed by atoms with Crippen LogP contribution in [0.1, 0.15) is 26.7 Å². The molecule has 0 aromatic carbocycles. The van der Waals surface area contributed by atoms with Gasteiger partial charge in [0, 0.05) is 0 Å². The molecular formula is C13H22O3. The number of rotatable bonds is 7. The number of hydrogen-bond acceptors (Lipinski definition) is 3. The average Bonchev–Trinajstić information content (AvgIpc) is 2.28. The highest BCUT2D eigenvalue weighted by Gasteiger charge is 2.08. The van der Waals surface area contributed by atoms with Gasteiger partial charge in [0.2, 0.25) is 0 Å². The Morgan fingerprint density at radius 1 is 1.25 bits per heavy atom. The molecule has 0 aliphatic rings. The third-order valence-electron chi connectivity index (χ3n) is 2.05. The van der Waals surface area contributed by atoms with Crippen LogP contribution in [-0.4, -0.2) is 25.4 Å². The van der Waals surface area contributed by atoms with Crippen LogP contribution in [0.3, 0.4) is 0 Å². The largest absolute Gasteiger partial charge is 0.493 e. The summed E-state index contributed by atoms with van der Waals surface area (Å²) >= 11 is 0. The fourth-order valence-electron chi connectivity index (χ4n) is 1.24. The lowest BCUT2D eigenvalue weighted by Crippen LogP contribution is -2.05. The maximum Gasteiger partial charge on any atom is 0.160 e. The van der Waals surface area contributed by atoms with Crippen molar-refractivity contribution in [2.24, 2.45) is 0 Å². The van der Waals surface area contributed by atoms with Gasteiger partial charge in [-0.2, -0.15) is 0 Å². The molecule has 0 aliphatic heterocycles. The monoisotopic (exact) mass is 226 g/mol. The number of allylic oxidation sites excluding steroid dienone is 3. The summed E-state index contributed by atoms with van der Waals surface area (Å²) < 4.78 is 10.4. The molecule has 1 unspecified atom stereocenters. The van der Waals surface area contributed by atoms with E-state index in [-0.39, 0.29) is 0 Å². The summed E-state index contributed by atoms with van der Waals surface area (Å²) in [7, 11) is 3.14. The Kier molecular flexibility index (Phi) is 8.35. The number of hydrogen-bond donors (Lipinski definition) is 1. The van der Waals surface area contributed by atoms with Crippen LogP contribution in [0.25, 0.3) is 0 Å². The average molecular weight is 226 g/mol. The first-order valence-electron chi connectivity index (χ1n) is 5.50. The van der Waals surface area contributed by atoms with Crippen LogP contribution in [0.2, 0.25) is 0 Å². The number of aliphatic hydroxyl groups is 1. The van der Waals surface area contributed by atoms with E-state index in [0.29, 0.717) is 17.9 Å². The molecule has 3 nitrogen and oxygen atoms in total. The van der Waals surface area contributed by atoms with E-state index in [2.05, 4.69) is 0 Å². The van der Waals surface area contributed by atoms with Gasteiger partial charge in [-0.15, -0.1) is 0 Å². The minimum Gasteiger partial charge on any atom is -0.493 e. The molecule has 0 spiro atoms. The van der Waals surface area contributed by atoms with Crippen molar-refractivity contribution in [3.05, 3.63) is 35.8 Å². The van der Waals surface area contributed by atoms with Crippen LogP contribution in [0.4, 0.5) is 0 Å². The molecule has 1 atom stereocenters. The van der Waals surface area contributed by atoms with Crippen molar-refractivity contribution in [1.82, 2.24) is 0 Å². The molecule has 0 bridgehead atoms. The molecule has 0 aromatic rings. The predicted octanol–water partition coefficient (Wildman–Crippen LogP) is 2.78. The van der Waals surface area contributed by atoms with Crippen LogP contribution >= 0.6 is 0 Å². The van der Waals surface area contributed by atoms with E-state index in [4.69, 9.17) is 9.47 Å². The summed E-state index contributed by atoms with van der Waals surface area (Å²) in [6.45, 7) is 3.95. The zero-order chi connectivity index (χ0) is 12.4. The maximum absolute atomic E-state index is 9.66.